The van der Waals surface area contributed by atoms with Gasteiger partial charge in [0.2, 0.25) is 0 Å². The lowest BCUT2D eigenvalue weighted by Gasteiger charge is -1.93. The second-order valence-electron chi connectivity index (χ2n) is 2.11. The molecule has 0 spiro atoms. The average Bonchev–Trinajstić information content (AvgIpc) is 1.80. The Bertz CT molecular complexity index is 106. The van der Waals surface area contributed by atoms with Crippen LogP contribution in [-0.2, 0) is 0 Å². The van der Waals surface area contributed by atoms with Crippen LogP contribution in [0.1, 0.15) is 13.8 Å². The largest absolute Gasteiger partial charge is 0.305 e. The number of hydrogen-bond acceptors (Lipinski definition) is 2. The van der Waals surface area contributed by atoms with Crippen molar-refractivity contribution in [3.8, 4) is 0 Å². The van der Waals surface area contributed by atoms with E-state index in [1.54, 1.807) is 0 Å². The van der Waals surface area contributed by atoms with Gasteiger partial charge in [-0.2, -0.15) is 0 Å². The molecule has 9 heavy (non-hydrogen) atoms. The molecule has 2 N–H and O–H groups in total. The van der Waals surface area contributed by atoms with Crippen molar-refractivity contribution in [2.75, 3.05) is 6.54 Å². The summed E-state index contributed by atoms with van der Waals surface area (Å²) in [6.45, 7) is 4.94. The predicted octanol–water partition coefficient (Wildman–Crippen LogP) is 0.997. The van der Waals surface area contributed by atoms with Gasteiger partial charge in [0.05, 0.1) is 0 Å². The summed E-state index contributed by atoms with van der Waals surface area (Å²) in [5.74, 6) is 5.28. The second-order valence-corrected chi connectivity index (χ2v) is 2.11. The molecule has 0 aromatic rings. The molecule has 52 valence electrons. The molecular formula is C5H12N4. The van der Waals surface area contributed by atoms with E-state index in [9.17, 15) is 0 Å². The molecule has 0 aliphatic carbocycles. The van der Waals surface area contributed by atoms with Crippen LogP contribution >= 0.6 is 0 Å². The van der Waals surface area contributed by atoms with Crippen molar-refractivity contribution in [1.82, 2.24) is 0 Å². The second kappa shape index (κ2) is 5.21. The SMILES string of the molecule is CC(C)CN=CN=NN. The maximum absolute atomic E-state index is 4.71. The van der Waals surface area contributed by atoms with Crippen LogP contribution in [-0.4, -0.2) is 12.9 Å². The Morgan fingerprint density at radius 2 is 2.22 bits per heavy atom. The Balaban J connectivity index is 3.25. The molecule has 4 nitrogen and oxygen atoms in total. The Morgan fingerprint density at radius 1 is 1.56 bits per heavy atom. The minimum absolute atomic E-state index is 0.564. The van der Waals surface area contributed by atoms with Crippen LogP contribution in [0.2, 0.25) is 0 Å². The van der Waals surface area contributed by atoms with E-state index in [0.717, 1.165) is 6.54 Å². The highest BCUT2D eigenvalue weighted by Gasteiger charge is 1.85. The first kappa shape index (κ1) is 8.07. The van der Waals surface area contributed by atoms with Crippen molar-refractivity contribution in [3.63, 3.8) is 0 Å². The molecule has 0 aliphatic heterocycles. The van der Waals surface area contributed by atoms with Gasteiger partial charge in [-0.15, -0.1) is 5.11 Å². The molecule has 0 aromatic carbocycles. The third-order valence-corrected chi connectivity index (χ3v) is 0.671. The van der Waals surface area contributed by atoms with Crippen molar-refractivity contribution < 1.29 is 0 Å². The van der Waals surface area contributed by atoms with Gasteiger partial charge in [-0.25, -0.2) is 0 Å². The molecule has 0 saturated heterocycles. The Labute approximate surface area is 54.9 Å². The molecule has 0 saturated carbocycles. The van der Waals surface area contributed by atoms with E-state index in [2.05, 4.69) is 29.2 Å². The zero-order valence-corrected chi connectivity index (χ0v) is 5.78. The summed E-state index contributed by atoms with van der Waals surface area (Å²) in [7, 11) is 0. The molecule has 0 rings (SSSR count). The maximum Gasteiger partial charge on any atom is 0.134 e. The van der Waals surface area contributed by atoms with Crippen LogP contribution in [0, 0.1) is 5.92 Å². The standard InChI is InChI=1S/C5H12N4/c1-5(2)3-7-4-8-9-6/h4-5H,3H2,1-2H3,(H2,6,7,8). The number of nitrogens with zero attached hydrogens (tertiary/aromatic N) is 3. The topological polar surface area (TPSA) is 63.1 Å². The smallest absolute Gasteiger partial charge is 0.134 e. The number of nitrogens with two attached hydrogens (primary N) is 1. The van der Waals surface area contributed by atoms with Gasteiger partial charge < -0.3 is 5.84 Å². The quantitative estimate of drug-likeness (QED) is 0.199. The fourth-order valence-electron chi connectivity index (χ4n) is 0.324. The molecule has 0 radical (unpaired) electrons. The van der Waals surface area contributed by atoms with E-state index >= 15 is 0 Å². The van der Waals surface area contributed by atoms with Crippen LogP contribution in [0.15, 0.2) is 15.3 Å². The fraction of sp³-hybridized carbons (Fsp3) is 0.800. The third-order valence-electron chi connectivity index (χ3n) is 0.671. The van der Waals surface area contributed by atoms with Crippen LogP contribution in [0.5, 0.6) is 0 Å². The number of hydrogen-bond donors (Lipinski definition) is 1. The van der Waals surface area contributed by atoms with Gasteiger partial charge in [-0.05, 0) is 5.92 Å². The summed E-state index contributed by atoms with van der Waals surface area (Å²) in [4.78, 5) is 3.90. The van der Waals surface area contributed by atoms with Gasteiger partial charge in [0.25, 0.3) is 0 Å². The Hall–Kier alpha value is -0.930. The Kier molecular flexibility index (Phi) is 4.67. The third kappa shape index (κ3) is 7.07. The summed E-state index contributed by atoms with van der Waals surface area (Å²) < 4.78 is 0. The summed E-state index contributed by atoms with van der Waals surface area (Å²) >= 11 is 0. The van der Waals surface area contributed by atoms with Crippen molar-refractivity contribution in [2.45, 2.75) is 13.8 Å². The van der Waals surface area contributed by atoms with Gasteiger partial charge in [0.15, 0.2) is 0 Å². The molecule has 0 fully saturated rings. The zero-order chi connectivity index (χ0) is 7.11. The first-order valence-corrected chi connectivity index (χ1v) is 2.85. The van der Waals surface area contributed by atoms with E-state index in [1.165, 1.54) is 6.34 Å². The van der Waals surface area contributed by atoms with Crippen molar-refractivity contribution in [1.29, 1.82) is 0 Å². The summed E-state index contributed by atoms with van der Waals surface area (Å²) in [6, 6.07) is 0. The lowest BCUT2D eigenvalue weighted by Crippen LogP contribution is -1.91. The van der Waals surface area contributed by atoms with E-state index < -0.39 is 0 Å². The summed E-state index contributed by atoms with van der Waals surface area (Å²) in [5.41, 5.74) is 0. The van der Waals surface area contributed by atoms with Gasteiger partial charge in [-0.3, -0.25) is 4.99 Å². The minimum atomic E-state index is 0.564. The van der Waals surface area contributed by atoms with E-state index in [-0.39, 0.29) is 0 Å². The maximum atomic E-state index is 4.71. The molecule has 0 bridgehead atoms. The lowest BCUT2D eigenvalue weighted by atomic mass is 10.2. The molecule has 0 aromatic heterocycles. The van der Waals surface area contributed by atoms with Crippen LogP contribution in [0.25, 0.3) is 0 Å². The molecule has 0 heterocycles. The van der Waals surface area contributed by atoms with Gasteiger partial charge in [-0.1, -0.05) is 19.1 Å². The highest BCUT2D eigenvalue weighted by molar-refractivity contribution is 5.54. The minimum Gasteiger partial charge on any atom is -0.305 e. The molecule has 0 atom stereocenters. The van der Waals surface area contributed by atoms with Crippen LogP contribution in [0.3, 0.4) is 0 Å². The van der Waals surface area contributed by atoms with E-state index in [1.807, 2.05) is 0 Å². The van der Waals surface area contributed by atoms with E-state index in [0.29, 0.717) is 5.92 Å². The molecular weight excluding hydrogens is 116 g/mol. The predicted molar refractivity (Wildman–Crippen MR) is 37.2 cm³/mol. The van der Waals surface area contributed by atoms with Gasteiger partial charge in [0.1, 0.15) is 6.34 Å². The van der Waals surface area contributed by atoms with E-state index in [4.69, 9.17) is 5.84 Å². The summed E-state index contributed by atoms with van der Waals surface area (Å²) in [5, 5.41) is 6.36. The van der Waals surface area contributed by atoms with Crippen LogP contribution < -0.4 is 5.84 Å². The number of rotatable bonds is 3. The van der Waals surface area contributed by atoms with Gasteiger partial charge in [0, 0.05) is 6.54 Å². The van der Waals surface area contributed by atoms with Crippen molar-refractivity contribution >= 4 is 6.34 Å². The van der Waals surface area contributed by atoms with Crippen molar-refractivity contribution in [3.05, 3.63) is 0 Å². The van der Waals surface area contributed by atoms with Gasteiger partial charge >= 0.3 is 0 Å². The zero-order valence-electron chi connectivity index (χ0n) is 5.78. The molecule has 4 heteroatoms. The van der Waals surface area contributed by atoms with Crippen molar-refractivity contribution in [2.24, 2.45) is 27.1 Å². The first-order valence-electron chi connectivity index (χ1n) is 2.85. The highest BCUT2D eigenvalue weighted by Crippen LogP contribution is 1.89. The highest BCUT2D eigenvalue weighted by atomic mass is 15.3. The fourth-order valence-corrected chi connectivity index (χ4v) is 0.324. The molecule has 0 unspecified atom stereocenters. The lowest BCUT2D eigenvalue weighted by molar-refractivity contribution is 0.666. The Morgan fingerprint density at radius 3 is 2.67 bits per heavy atom. The molecule has 0 amide bonds. The first-order chi connectivity index (χ1) is 4.27. The molecule has 0 aliphatic rings. The number of aliphatic imine (C=N–C) groups is 1. The van der Waals surface area contributed by atoms with Crippen LogP contribution in [0.4, 0.5) is 0 Å². The summed E-state index contributed by atoms with van der Waals surface area (Å²) in [6.07, 6.45) is 1.36. The average molecular weight is 128 g/mol. The monoisotopic (exact) mass is 128 g/mol. The normalized spacial score (nSPS) is 12.3.